The lowest BCUT2D eigenvalue weighted by molar-refractivity contribution is -0.152. The Bertz CT molecular complexity index is 5370. The van der Waals surface area contributed by atoms with Gasteiger partial charge in [-0.1, -0.05) is 106 Å². The summed E-state index contributed by atoms with van der Waals surface area (Å²) in [7, 11) is 3.50. The molecule has 3 aliphatic heterocycles. The van der Waals surface area contributed by atoms with Crippen LogP contribution in [0, 0.1) is 23.4 Å². The summed E-state index contributed by atoms with van der Waals surface area (Å²) in [5, 5.41) is 85.6. The Kier molecular flexibility index (Phi) is 38.1. The number of likely N-dealkylation sites (N-methyl/N-ethyl adjacent to an activating group) is 3. The molecule has 0 spiro atoms. The summed E-state index contributed by atoms with van der Waals surface area (Å²) in [6.07, 6.45) is -6.97. The van der Waals surface area contributed by atoms with Crippen molar-refractivity contribution in [3.63, 3.8) is 0 Å². The van der Waals surface area contributed by atoms with Gasteiger partial charge in [-0.05, 0) is 108 Å². The first-order valence-electron chi connectivity index (χ1n) is 44.1. The van der Waals surface area contributed by atoms with Crippen molar-refractivity contribution >= 4 is 129 Å². The quantitative estimate of drug-likeness (QED) is 0.0341. The Morgan fingerprint density at radius 2 is 1.04 bits per heavy atom. The highest BCUT2D eigenvalue weighted by Crippen LogP contribution is 2.29. The van der Waals surface area contributed by atoms with Crippen molar-refractivity contribution in [2.75, 3.05) is 52.3 Å². The lowest BCUT2D eigenvalue weighted by Gasteiger charge is -2.38. The van der Waals surface area contributed by atoms with E-state index < -0.39 is 309 Å². The first-order chi connectivity index (χ1) is 64.5. The summed E-state index contributed by atoms with van der Waals surface area (Å²) in [6.45, 7) is 3.04. The van der Waals surface area contributed by atoms with Crippen LogP contribution in [-0.2, 0) is 118 Å². The van der Waals surface area contributed by atoms with E-state index in [9.17, 15) is 78.2 Å². The highest BCUT2D eigenvalue weighted by molar-refractivity contribution is 8.00. The average Bonchev–Trinajstić information content (AvgIpc) is 1.45. The molecule has 18 N–H and O–H groups in total. The van der Waals surface area contributed by atoms with Gasteiger partial charge in [-0.25, -0.2) is 13.2 Å². The maximum Gasteiger partial charge on any atom is 0.305 e. The maximum atomic E-state index is 15.7. The predicted octanol–water partition coefficient (Wildman–Crippen LogP) is 0.221. The van der Waals surface area contributed by atoms with E-state index >= 15 is 51.9 Å². The molecule has 136 heavy (non-hydrogen) atoms. The van der Waals surface area contributed by atoms with E-state index in [2.05, 4.69) is 52.8 Å². The van der Waals surface area contributed by atoms with Crippen molar-refractivity contribution in [2.45, 2.75) is 208 Å². The molecule has 0 aliphatic carbocycles. The second kappa shape index (κ2) is 49.2. The third-order valence-corrected chi connectivity index (χ3v) is 24.8. The zero-order valence-electron chi connectivity index (χ0n) is 75.4. The van der Waals surface area contributed by atoms with E-state index in [-0.39, 0.29) is 61.3 Å². The zero-order valence-corrected chi connectivity index (χ0v) is 76.3. The molecule has 15 amide bonds. The Labute approximate surface area is 783 Å². The van der Waals surface area contributed by atoms with Crippen molar-refractivity contribution in [1.29, 1.82) is 0 Å². The number of hydrogen-bond donors (Lipinski definition) is 17. The number of carbonyl (C=O) groups excluding carboxylic acids is 15. The third kappa shape index (κ3) is 29.2. The number of carboxylic acids is 3. The fraction of sp³-hybridized carbons (Fsp3) is 0.457. The first-order valence-corrected chi connectivity index (χ1v) is 45.2. The summed E-state index contributed by atoms with van der Waals surface area (Å²) >= 11 is 0.546. The standard InChI is InChI=1S/C92H113F3N16O24S/c1-7-8-19-69-91(134)110-33-14-20-68(110)85(128)104-65(42-77(121)122)84(127)106-79(48(2)3)92(135)108(5)70(38-49-15-10-9-11-16-49)86(129)101-62(30-32-76(119)120)89(132)111-45-56(114)41-71(111)87(130)103-64(40-53-43-97-60-18-13-12-17-57(53)60)83(126)102-63(36-50-21-25-54(112)26-22-50)82(125)100-61(29-31-75(117)118)81(124)105-67(80(123)98-44-73(96)115)46-136-47-74(116)99-66(37-52-34-58(93)78(95)59(94)35-52)88(131)109(6)72(90(133)107(69)4)39-51-23-27-55(113)28-24-51/h9-13,15-18,21-28,34-35,43,48,56,61-72,79,97,112-114H,7-8,14,19-20,29-33,36-42,44-47H2,1-6H3,(H2,96,115)(H,98,123)(H,99,116)(H,100,125)(H,101,129)(H,102,126)(H,103,130)(H,104,128)(H,105,124)(H,106,127)(H,117,118)(H,119,120)(H,121,122)/t56-,61+,62-,63+,64+,65+,66+,67+,68-,69+,70-,71-,72+,79+/m1/s1. The van der Waals surface area contributed by atoms with Crippen LogP contribution in [0.2, 0.25) is 0 Å². The molecule has 1 aromatic heterocycles. The fourth-order valence-electron chi connectivity index (χ4n) is 16.3. The van der Waals surface area contributed by atoms with Crippen LogP contribution in [0.1, 0.15) is 119 Å². The number of benzene rings is 5. The number of rotatable bonds is 25. The number of nitrogens with one attached hydrogen (secondary N) is 10. The number of nitrogens with two attached hydrogens (primary N) is 1. The number of hydrogen-bond acceptors (Lipinski definition) is 22. The van der Waals surface area contributed by atoms with Crippen LogP contribution in [0.15, 0.2) is 121 Å². The summed E-state index contributed by atoms with van der Waals surface area (Å²) in [5.41, 5.74) is 6.74. The lowest BCUT2D eigenvalue weighted by atomic mass is 9.98. The predicted molar refractivity (Wildman–Crippen MR) is 482 cm³/mol. The topological polar surface area (TPSA) is 595 Å². The molecule has 0 saturated carbocycles. The van der Waals surface area contributed by atoms with Crippen molar-refractivity contribution in [3.05, 3.63) is 167 Å². The molecule has 3 aliphatic rings. The number of primary amides is 1. The number of aromatic nitrogens is 1. The van der Waals surface area contributed by atoms with E-state index in [0.717, 1.165) is 31.5 Å². The summed E-state index contributed by atoms with van der Waals surface area (Å²) < 4.78 is 45.1. The number of phenols is 2. The van der Waals surface area contributed by atoms with E-state index in [1.165, 1.54) is 82.7 Å². The molecule has 3 fully saturated rings. The monoisotopic (exact) mass is 1910 g/mol. The molecule has 3 saturated heterocycles. The van der Waals surface area contributed by atoms with Crippen molar-refractivity contribution in [3.8, 4) is 11.5 Å². The van der Waals surface area contributed by atoms with Gasteiger partial charge in [0.25, 0.3) is 0 Å². The first kappa shape index (κ1) is 105. The molecular weight excluding hydrogens is 1800 g/mol. The normalized spacial score (nSPS) is 23.8. The number of aromatic amines is 1. The van der Waals surface area contributed by atoms with Gasteiger partial charge in [0.05, 0.1) is 24.8 Å². The number of para-hydroxylation sites is 1. The van der Waals surface area contributed by atoms with Crippen LogP contribution in [-0.4, -0.2) is 304 Å². The van der Waals surface area contributed by atoms with Crippen LogP contribution in [0.4, 0.5) is 13.2 Å². The van der Waals surface area contributed by atoms with Crippen LogP contribution >= 0.6 is 11.8 Å². The molecule has 14 atom stereocenters. The number of thioether (sulfide) groups is 1. The largest absolute Gasteiger partial charge is 0.508 e. The molecule has 40 nitrogen and oxygen atoms in total. The number of halogens is 3. The van der Waals surface area contributed by atoms with Gasteiger partial charge in [-0.15, -0.1) is 11.8 Å². The van der Waals surface area contributed by atoms with Gasteiger partial charge in [0, 0.05) is 108 Å². The zero-order chi connectivity index (χ0) is 99.6. The minimum atomic E-state index is -2.02. The van der Waals surface area contributed by atoms with Crippen LogP contribution in [0.25, 0.3) is 10.9 Å². The van der Waals surface area contributed by atoms with Gasteiger partial charge in [0.2, 0.25) is 88.6 Å². The van der Waals surface area contributed by atoms with Gasteiger partial charge in [-0.2, -0.15) is 0 Å². The van der Waals surface area contributed by atoms with Crippen LogP contribution in [0.3, 0.4) is 0 Å². The number of aliphatic hydroxyl groups is 1. The number of carboxylic acid groups (broad SMARTS) is 3. The van der Waals surface area contributed by atoms with Gasteiger partial charge >= 0.3 is 17.9 Å². The molecule has 5 aromatic carbocycles. The van der Waals surface area contributed by atoms with Gasteiger partial charge in [0.1, 0.15) is 90.0 Å². The molecule has 6 aromatic rings. The Morgan fingerprint density at radius 3 is 1.65 bits per heavy atom. The molecule has 0 unspecified atom stereocenters. The minimum absolute atomic E-state index is 0.104. The molecular formula is C92H113F3N16O24S. The summed E-state index contributed by atoms with van der Waals surface area (Å²) in [4.78, 5) is 270. The van der Waals surface area contributed by atoms with E-state index in [4.69, 9.17) is 5.73 Å². The van der Waals surface area contributed by atoms with Crippen molar-refractivity contribution in [1.82, 2.24) is 77.3 Å². The minimum Gasteiger partial charge on any atom is -0.508 e. The number of aromatic hydroxyl groups is 2. The second-order valence-electron chi connectivity index (χ2n) is 34.1. The number of carbonyl (C=O) groups is 18. The van der Waals surface area contributed by atoms with Gasteiger partial charge in [0.15, 0.2) is 17.5 Å². The van der Waals surface area contributed by atoms with Crippen LogP contribution < -0.4 is 53.6 Å². The van der Waals surface area contributed by atoms with Gasteiger partial charge in [-0.3, -0.25) is 86.3 Å². The smallest absolute Gasteiger partial charge is 0.305 e. The molecule has 0 radical (unpaired) electrons. The van der Waals surface area contributed by atoms with E-state index in [1.54, 1.807) is 61.5 Å². The third-order valence-electron chi connectivity index (χ3n) is 23.7. The van der Waals surface area contributed by atoms with Crippen molar-refractivity contribution in [2.24, 2.45) is 11.7 Å². The molecule has 732 valence electrons. The number of aliphatic hydroxyl groups excluding tert-OH is 1. The summed E-state index contributed by atoms with van der Waals surface area (Å²) in [6, 6.07) is 2.90. The number of fused-ring (bicyclic) bond motifs is 3. The Balaban J connectivity index is 1.15. The number of H-pyrrole nitrogens is 1. The number of unbranched alkanes of at least 4 members (excludes halogenated alkanes) is 1. The SMILES string of the molecule is CCCC[C@H]1C(=O)N2CCC[C@@H]2C(=O)N[C@@H](CC(=O)O)C(=O)N[C@@H](C(C)C)C(=O)N(C)[C@H](Cc2ccccc2)C(=O)N[C@H](CCC(=O)O)C(=O)N2C[C@H](O)C[C@@H]2C(=O)N[C@@H](Cc2c[nH]c3ccccc23)C(=O)N[C@@H](Cc2ccc(O)cc2)C(=O)N[C@@H](CCC(=O)O)C(=O)N[C@H](C(=O)NCC(N)=O)CSCC(=O)N[C@@H](Cc2cc(F)c(F)c(F)c2)C(=O)N(C)[C@@H](Cc2ccc(O)cc2)C(=O)N1C. The van der Waals surface area contributed by atoms with Crippen molar-refractivity contribution < 1.29 is 130 Å². The number of aliphatic carboxylic acids is 3. The summed E-state index contributed by atoms with van der Waals surface area (Å²) in [5.74, 6) is -29.8. The number of nitrogens with zero attached hydrogens (tertiary/aromatic N) is 5. The van der Waals surface area contributed by atoms with Gasteiger partial charge < -0.3 is 114 Å². The highest BCUT2D eigenvalue weighted by Gasteiger charge is 2.48. The molecule has 0 bridgehead atoms. The average molecular weight is 1920 g/mol. The number of amides is 15. The molecule has 4 heterocycles. The fourth-order valence-corrected chi connectivity index (χ4v) is 17.2. The van der Waals surface area contributed by atoms with E-state index in [1.807, 2.05) is 0 Å². The Hall–Kier alpha value is -14.2. The van der Waals surface area contributed by atoms with E-state index in [0.29, 0.717) is 52.3 Å². The second-order valence-corrected chi connectivity index (χ2v) is 35.1. The molecule has 9 rings (SSSR count). The number of phenolic OH excluding ortho intramolecular Hbond substituents is 2. The lowest BCUT2D eigenvalue weighted by Crippen LogP contribution is -2.62. The van der Waals surface area contributed by atoms with Crippen LogP contribution in [0.5, 0.6) is 11.5 Å². The highest BCUT2D eigenvalue weighted by atomic mass is 32.2. The Morgan fingerprint density at radius 1 is 0.515 bits per heavy atom. The molecule has 44 heteroatoms. The maximum absolute atomic E-state index is 15.7.